The molecular formula is C16H19NO. The topological polar surface area (TPSA) is 29.1 Å². The minimum atomic E-state index is 0.735. The molecule has 0 amide bonds. The lowest BCUT2D eigenvalue weighted by Crippen LogP contribution is -2.04. The Kier molecular flexibility index (Phi) is 6.26. The minimum Gasteiger partial charge on any atom is -0.381 e. The number of allylic oxidation sites excluding steroid dienone is 4. The van der Waals surface area contributed by atoms with Gasteiger partial charge in [-0.3, -0.25) is 4.79 Å². The Morgan fingerprint density at radius 1 is 1.28 bits per heavy atom. The van der Waals surface area contributed by atoms with E-state index in [1.807, 2.05) is 37.3 Å². The highest BCUT2D eigenvalue weighted by atomic mass is 16.1. The normalized spacial score (nSPS) is 12.2. The van der Waals surface area contributed by atoms with Crippen molar-refractivity contribution in [3.63, 3.8) is 0 Å². The number of aldehydes is 1. The molecule has 1 rings (SSSR count). The van der Waals surface area contributed by atoms with Crippen LogP contribution in [0.4, 0.5) is 5.69 Å². The van der Waals surface area contributed by atoms with Crippen molar-refractivity contribution >= 4 is 12.0 Å². The standard InChI is InChI=1S/C16H19NO/c1-3-8-15(10-6-7-12-18)13-17-16-11-5-4-9-14(16)2/h3-12,17H,13H2,1-2H3/b7-6+,8-3-,15-10+. The number of nitrogens with one attached hydrogen (secondary N) is 1. The Balaban J connectivity index is 2.68. The molecule has 18 heavy (non-hydrogen) atoms. The molecule has 0 bridgehead atoms. The number of para-hydroxylation sites is 1. The predicted molar refractivity (Wildman–Crippen MR) is 77.8 cm³/mol. The van der Waals surface area contributed by atoms with Gasteiger partial charge >= 0.3 is 0 Å². The number of carbonyl (C=O) groups is 1. The van der Waals surface area contributed by atoms with E-state index in [4.69, 9.17) is 0 Å². The van der Waals surface area contributed by atoms with Gasteiger partial charge in [0.15, 0.2) is 0 Å². The van der Waals surface area contributed by atoms with E-state index in [1.165, 1.54) is 11.6 Å². The summed E-state index contributed by atoms with van der Waals surface area (Å²) in [5, 5.41) is 3.38. The first-order valence-corrected chi connectivity index (χ1v) is 6.01. The molecular weight excluding hydrogens is 222 g/mol. The summed E-state index contributed by atoms with van der Waals surface area (Å²) in [6, 6.07) is 8.17. The van der Waals surface area contributed by atoms with Crippen LogP contribution < -0.4 is 5.32 Å². The Labute approximate surface area is 109 Å². The van der Waals surface area contributed by atoms with Crippen LogP contribution in [0.25, 0.3) is 0 Å². The van der Waals surface area contributed by atoms with Gasteiger partial charge in [0.1, 0.15) is 6.29 Å². The largest absolute Gasteiger partial charge is 0.381 e. The second kappa shape index (κ2) is 8.07. The SMILES string of the molecule is C\C=C/C(=C\C=C\C=O)CNc1ccccc1C. The summed E-state index contributed by atoms with van der Waals surface area (Å²) in [7, 11) is 0. The van der Waals surface area contributed by atoms with Gasteiger partial charge in [0.05, 0.1) is 0 Å². The van der Waals surface area contributed by atoms with Crippen LogP contribution in [-0.4, -0.2) is 12.8 Å². The highest BCUT2D eigenvalue weighted by molar-refractivity contribution is 5.65. The molecule has 0 aliphatic carbocycles. The Morgan fingerprint density at radius 3 is 2.72 bits per heavy atom. The van der Waals surface area contributed by atoms with E-state index < -0.39 is 0 Å². The zero-order valence-electron chi connectivity index (χ0n) is 10.9. The summed E-state index contributed by atoms with van der Waals surface area (Å²) >= 11 is 0. The molecule has 94 valence electrons. The number of hydrogen-bond donors (Lipinski definition) is 1. The first-order chi connectivity index (χ1) is 8.77. The Hall–Kier alpha value is -2.09. The molecule has 2 nitrogen and oxygen atoms in total. The van der Waals surface area contributed by atoms with Gasteiger partial charge in [-0.1, -0.05) is 42.5 Å². The summed E-state index contributed by atoms with van der Waals surface area (Å²) < 4.78 is 0. The molecule has 0 atom stereocenters. The lowest BCUT2D eigenvalue weighted by Gasteiger charge is -2.09. The highest BCUT2D eigenvalue weighted by Gasteiger charge is 1.96. The molecule has 2 heteroatoms. The van der Waals surface area contributed by atoms with Gasteiger partial charge in [-0.15, -0.1) is 0 Å². The zero-order valence-corrected chi connectivity index (χ0v) is 10.9. The summed E-state index contributed by atoms with van der Waals surface area (Å²) in [6.07, 6.45) is 9.96. The fourth-order valence-corrected chi connectivity index (χ4v) is 1.58. The molecule has 0 unspecified atom stereocenters. The van der Waals surface area contributed by atoms with Crippen LogP contribution in [0, 0.1) is 6.92 Å². The molecule has 0 aliphatic heterocycles. The third-order valence-corrected chi connectivity index (χ3v) is 2.51. The first-order valence-electron chi connectivity index (χ1n) is 6.01. The quantitative estimate of drug-likeness (QED) is 0.468. The van der Waals surface area contributed by atoms with Crippen LogP contribution in [0.5, 0.6) is 0 Å². The average molecular weight is 241 g/mol. The summed E-state index contributed by atoms with van der Waals surface area (Å²) in [5.74, 6) is 0. The van der Waals surface area contributed by atoms with E-state index in [0.29, 0.717) is 0 Å². The highest BCUT2D eigenvalue weighted by Crippen LogP contribution is 2.13. The van der Waals surface area contributed by atoms with Crippen LogP contribution in [0.15, 0.2) is 60.2 Å². The maximum Gasteiger partial charge on any atom is 0.142 e. The third-order valence-electron chi connectivity index (χ3n) is 2.51. The Morgan fingerprint density at radius 2 is 2.06 bits per heavy atom. The van der Waals surface area contributed by atoms with E-state index in [1.54, 1.807) is 6.08 Å². The fourth-order valence-electron chi connectivity index (χ4n) is 1.58. The number of anilines is 1. The second-order valence-corrected chi connectivity index (χ2v) is 3.93. The van der Waals surface area contributed by atoms with Crippen molar-refractivity contribution in [1.29, 1.82) is 0 Å². The van der Waals surface area contributed by atoms with Crippen molar-refractivity contribution in [3.8, 4) is 0 Å². The van der Waals surface area contributed by atoms with E-state index in [0.717, 1.165) is 24.1 Å². The summed E-state index contributed by atoms with van der Waals surface area (Å²) in [4.78, 5) is 10.2. The first kappa shape index (κ1) is 14.0. The van der Waals surface area contributed by atoms with Crippen molar-refractivity contribution in [1.82, 2.24) is 0 Å². The zero-order chi connectivity index (χ0) is 13.2. The number of benzene rings is 1. The van der Waals surface area contributed by atoms with Crippen molar-refractivity contribution in [2.75, 3.05) is 11.9 Å². The molecule has 0 aromatic heterocycles. The molecule has 0 heterocycles. The van der Waals surface area contributed by atoms with Crippen LogP contribution in [0.3, 0.4) is 0 Å². The fraction of sp³-hybridized carbons (Fsp3) is 0.188. The lowest BCUT2D eigenvalue weighted by atomic mass is 10.1. The molecule has 1 N–H and O–H groups in total. The maximum atomic E-state index is 10.2. The van der Waals surface area contributed by atoms with Crippen molar-refractivity contribution in [3.05, 3.63) is 65.8 Å². The average Bonchev–Trinajstić information content (AvgIpc) is 2.38. The molecule has 0 fully saturated rings. The molecule has 0 aliphatic rings. The number of hydrogen-bond acceptors (Lipinski definition) is 2. The van der Waals surface area contributed by atoms with E-state index >= 15 is 0 Å². The maximum absolute atomic E-state index is 10.2. The molecule has 1 aromatic carbocycles. The van der Waals surface area contributed by atoms with Gasteiger partial charge in [-0.05, 0) is 37.1 Å². The Bertz CT molecular complexity index is 470. The van der Waals surface area contributed by atoms with Gasteiger partial charge in [0.25, 0.3) is 0 Å². The molecule has 0 saturated heterocycles. The van der Waals surface area contributed by atoms with Crippen LogP contribution >= 0.6 is 0 Å². The predicted octanol–water partition coefficient (Wildman–Crippen LogP) is 3.66. The van der Waals surface area contributed by atoms with E-state index in [2.05, 4.69) is 24.4 Å². The van der Waals surface area contributed by atoms with Crippen molar-refractivity contribution in [2.45, 2.75) is 13.8 Å². The van der Waals surface area contributed by atoms with Crippen molar-refractivity contribution in [2.24, 2.45) is 0 Å². The molecule has 1 aromatic rings. The van der Waals surface area contributed by atoms with Gasteiger partial charge in [-0.2, -0.15) is 0 Å². The van der Waals surface area contributed by atoms with Crippen molar-refractivity contribution < 1.29 is 4.79 Å². The molecule has 0 radical (unpaired) electrons. The van der Waals surface area contributed by atoms with Gasteiger partial charge in [-0.25, -0.2) is 0 Å². The van der Waals surface area contributed by atoms with Gasteiger partial charge < -0.3 is 5.32 Å². The monoisotopic (exact) mass is 241 g/mol. The second-order valence-electron chi connectivity index (χ2n) is 3.93. The van der Waals surface area contributed by atoms with Gasteiger partial charge in [0.2, 0.25) is 0 Å². The smallest absolute Gasteiger partial charge is 0.142 e. The van der Waals surface area contributed by atoms with Crippen LogP contribution in [-0.2, 0) is 4.79 Å². The summed E-state index contributed by atoms with van der Waals surface area (Å²) in [6.45, 7) is 4.79. The number of carbonyl (C=O) groups excluding carboxylic acids is 1. The van der Waals surface area contributed by atoms with E-state index in [9.17, 15) is 4.79 Å². The number of aryl methyl sites for hydroxylation is 1. The van der Waals surface area contributed by atoms with E-state index in [-0.39, 0.29) is 0 Å². The van der Waals surface area contributed by atoms with Crippen LogP contribution in [0.2, 0.25) is 0 Å². The third kappa shape index (κ3) is 4.83. The number of rotatable bonds is 6. The molecule has 0 saturated carbocycles. The molecule has 0 spiro atoms. The van der Waals surface area contributed by atoms with Crippen LogP contribution in [0.1, 0.15) is 12.5 Å². The van der Waals surface area contributed by atoms with Gasteiger partial charge in [0, 0.05) is 12.2 Å². The lowest BCUT2D eigenvalue weighted by molar-refractivity contribution is -0.104. The minimum absolute atomic E-state index is 0.735. The summed E-state index contributed by atoms with van der Waals surface area (Å²) in [5.41, 5.74) is 3.48.